The smallest absolute Gasteiger partial charge is 0.211 e. The molecule has 1 aliphatic heterocycles. The van der Waals surface area contributed by atoms with Gasteiger partial charge < -0.3 is 9.47 Å². The van der Waals surface area contributed by atoms with Crippen LogP contribution in [0.5, 0.6) is 0 Å². The van der Waals surface area contributed by atoms with E-state index in [0.717, 1.165) is 0 Å². The summed E-state index contributed by atoms with van der Waals surface area (Å²) in [5.74, 6) is -1.10. The first kappa shape index (κ1) is 15.0. The maximum absolute atomic E-state index is 14.3. The van der Waals surface area contributed by atoms with Gasteiger partial charge in [-0.15, -0.1) is 11.6 Å². The van der Waals surface area contributed by atoms with E-state index in [-0.39, 0.29) is 22.8 Å². The van der Waals surface area contributed by atoms with E-state index in [1.807, 2.05) is 6.92 Å². The molecule has 106 valence electrons. The molecule has 1 saturated heterocycles. The number of pyridine rings is 1. The van der Waals surface area contributed by atoms with Crippen molar-refractivity contribution in [3.05, 3.63) is 28.5 Å². The Morgan fingerprint density at radius 2 is 2.21 bits per heavy atom. The van der Waals surface area contributed by atoms with E-state index in [9.17, 15) is 4.39 Å². The number of rotatable bonds is 3. The Bertz CT molecular complexity index is 478. The van der Waals surface area contributed by atoms with Gasteiger partial charge in [-0.25, -0.2) is 9.37 Å². The second-order valence-corrected chi connectivity index (χ2v) is 5.78. The van der Waals surface area contributed by atoms with Gasteiger partial charge in [0.15, 0.2) is 0 Å². The van der Waals surface area contributed by atoms with Crippen LogP contribution in [-0.4, -0.2) is 23.6 Å². The predicted molar refractivity (Wildman–Crippen MR) is 72.3 cm³/mol. The molecule has 1 aromatic heterocycles. The van der Waals surface area contributed by atoms with Crippen LogP contribution in [-0.2, 0) is 20.9 Å². The zero-order chi connectivity index (χ0) is 14.3. The number of hydrogen-bond donors (Lipinski definition) is 0. The van der Waals surface area contributed by atoms with Gasteiger partial charge in [-0.1, -0.05) is 11.6 Å². The van der Waals surface area contributed by atoms with E-state index in [1.54, 1.807) is 12.1 Å². The van der Waals surface area contributed by atoms with Crippen molar-refractivity contribution in [2.45, 2.75) is 38.3 Å². The summed E-state index contributed by atoms with van der Waals surface area (Å²) in [5, 5.41) is 0.222. The van der Waals surface area contributed by atoms with Gasteiger partial charge in [0.1, 0.15) is 10.8 Å². The molecule has 6 heteroatoms. The summed E-state index contributed by atoms with van der Waals surface area (Å²) in [7, 11) is 0. The number of ether oxygens (including phenoxy) is 2. The van der Waals surface area contributed by atoms with Crippen LogP contribution in [0.1, 0.15) is 32.0 Å². The fourth-order valence-electron chi connectivity index (χ4n) is 2.12. The molecule has 0 aliphatic carbocycles. The average Bonchev–Trinajstić information content (AvgIpc) is 2.71. The van der Waals surface area contributed by atoms with Crippen LogP contribution in [0.2, 0.25) is 5.15 Å². The maximum Gasteiger partial charge on any atom is 0.211 e. The van der Waals surface area contributed by atoms with Gasteiger partial charge in [0.05, 0.1) is 24.3 Å². The highest BCUT2D eigenvalue weighted by Gasteiger charge is 2.45. The number of nitrogens with zero attached hydrogens (tertiary/aromatic N) is 1. The van der Waals surface area contributed by atoms with Gasteiger partial charge >= 0.3 is 0 Å². The van der Waals surface area contributed by atoms with Crippen LogP contribution in [0.3, 0.4) is 0 Å². The molecule has 1 fully saturated rings. The standard InChI is InChI=1S/C13H16Cl2FNO2/c1-8-6-18-13(7-14,19-8)9-4-5-10(15)17-11(9)12(2,3)16/h4-5,8H,6-7H2,1-3H3. The largest absolute Gasteiger partial charge is 0.342 e. The molecule has 2 unspecified atom stereocenters. The van der Waals surface area contributed by atoms with E-state index < -0.39 is 11.5 Å². The number of hydrogen-bond acceptors (Lipinski definition) is 3. The van der Waals surface area contributed by atoms with Crippen molar-refractivity contribution in [3.8, 4) is 0 Å². The Labute approximate surface area is 122 Å². The number of alkyl halides is 2. The third-order valence-electron chi connectivity index (χ3n) is 2.95. The zero-order valence-electron chi connectivity index (χ0n) is 11.0. The lowest BCUT2D eigenvalue weighted by Crippen LogP contribution is -2.34. The molecule has 0 bridgehead atoms. The summed E-state index contributed by atoms with van der Waals surface area (Å²) in [6, 6.07) is 3.24. The molecule has 2 heterocycles. The van der Waals surface area contributed by atoms with Gasteiger partial charge in [0.25, 0.3) is 0 Å². The van der Waals surface area contributed by atoms with Crippen LogP contribution in [0.25, 0.3) is 0 Å². The fourth-order valence-corrected chi connectivity index (χ4v) is 2.56. The molecule has 2 atom stereocenters. The molecule has 3 nitrogen and oxygen atoms in total. The monoisotopic (exact) mass is 307 g/mol. The normalized spacial score (nSPS) is 27.8. The Hall–Kier alpha value is -0.420. The van der Waals surface area contributed by atoms with E-state index in [1.165, 1.54) is 13.8 Å². The van der Waals surface area contributed by atoms with Crippen LogP contribution in [0.15, 0.2) is 12.1 Å². The molecule has 0 amide bonds. The Kier molecular flexibility index (Phi) is 4.07. The first-order valence-electron chi connectivity index (χ1n) is 6.02. The summed E-state index contributed by atoms with van der Waals surface area (Å²) in [5.41, 5.74) is -0.990. The van der Waals surface area contributed by atoms with E-state index in [2.05, 4.69) is 4.98 Å². The van der Waals surface area contributed by atoms with E-state index in [4.69, 9.17) is 32.7 Å². The van der Waals surface area contributed by atoms with Crippen LogP contribution < -0.4 is 0 Å². The summed E-state index contributed by atoms with van der Waals surface area (Å²) in [4.78, 5) is 4.08. The summed E-state index contributed by atoms with van der Waals surface area (Å²) >= 11 is 11.8. The first-order chi connectivity index (χ1) is 8.78. The molecule has 0 N–H and O–H groups in total. The summed E-state index contributed by atoms with van der Waals surface area (Å²) in [6.45, 7) is 5.10. The van der Waals surface area contributed by atoms with Gasteiger partial charge in [-0.2, -0.15) is 0 Å². The lowest BCUT2D eigenvalue weighted by atomic mass is 9.96. The second kappa shape index (κ2) is 5.17. The van der Waals surface area contributed by atoms with E-state index >= 15 is 0 Å². The topological polar surface area (TPSA) is 31.4 Å². The molecule has 2 rings (SSSR count). The molecular weight excluding hydrogens is 292 g/mol. The fraction of sp³-hybridized carbons (Fsp3) is 0.615. The number of aromatic nitrogens is 1. The Balaban J connectivity index is 2.55. The summed E-state index contributed by atoms with van der Waals surface area (Å²) < 4.78 is 25.8. The minimum absolute atomic E-state index is 0.0593. The SMILES string of the molecule is CC1COC(CCl)(c2ccc(Cl)nc2C(C)(C)F)O1. The van der Waals surface area contributed by atoms with Crippen LogP contribution >= 0.6 is 23.2 Å². The lowest BCUT2D eigenvalue weighted by molar-refractivity contribution is -0.158. The van der Waals surface area contributed by atoms with Crippen molar-refractivity contribution < 1.29 is 13.9 Å². The third kappa shape index (κ3) is 2.87. The van der Waals surface area contributed by atoms with Crippen molar-refractivity contribution in [2.75, 3.05) is 12.5 Å². The first-order valence-corrected chi connectivity index (χ1v) is 6.94. The maximum atomic E-state index is 14.3. The molecule has 0 aromatic carbocycles. The second-order valence-electron chi connectivity index (χ2n) is 5.13. The quantitative estimate of drug-likeness (QED) is 0.629. The van der Waals surface area contributed by atoms with Crippen molar-refractivity contribution in [1.29, 1.82) is 0 Å². The predicted octanol–water partition coefficient (Wildman–Crippen LogP) is 3.77. The minimum Gasteiger partial charge on any atom is -0.342 e. The molecular formula is C13H16Cl2FNO2. The minimum atomic E-state index is -1.67. The van der Waals surface area contributed by atoms with Gasteiger partial charge in [0.2, 0.25) is 5.79 Å². The summed E-state index contributed by atoms with van der Waals surface area (Å²) in [6.07, 6.45) is -0.106. The highest BCUT2D eigenvalue weighted by molar-refractivity contribution is 6.29. The van der Waals surface area contributed by atoms with Crippen LogP contribution in [0, 0.1) is 0 Å². The van der Waals surface area contributed by atoms with Crippen LogP contribution in [0.4, 0.5) is 4.39 Å². The van der Waals surface area contributed by atoms with Gasteiger partial charge in [0, 0.05) is 5.56 Å². The average molecular weight is 308 g/mol. The molecule has 0 radical (unpaired) electrons. The molecule has 1 aromatic rings. The van der Waals surface area contributed by atoms with Crippen molar-refractivity contribution in [1.82, 2.24) is 4.98 Å². The van der Waals surface area contributed by atoms with E-state index in [0.29, 0.717) is 12.2 Å². The molecule has 19 heavy (non-hydrogen) atoms. The zero-order valence-corrected chi connectivity index (χ0v) is 12.6. The molecule has 0 spiro atoms. The van der Waals surface area contributed by atoms with Crippen molar-refractivity contribution >= 4 is 23.2 Å². The number of halogens is 3. The Morgan fingerprint density at radius 1 is 1.53 bits per heavy atom. The molecule has 0 saturated carbocycles. The molecule has 1 aliphatic rings. The van der Waals surface area contributed by atoms with Crippen molar-refractivity contribution in [2.24, 2.45) is 0 Å². The Morgan fingerprint density at radius 3 is 2.68 bits per heavy atom. The highest BCUT2D eigenvalue weighted by atomic mass is 35.5. The third-order valence-corrected chi connectivity index (χ3v) is 3.52. The highest BCUT2D eigenvalue weighted by Crippen LogP contribution is 2.40. The van der Waals surface area contributed by atoms with Crippen molar-refractivity contribution in [3.63, 3.8) is 0 Å². The van der Waals surface area contributed by atoms with Gasteiger partial charge in [-0.3, -0.25) is 0 Å². The lowest BCUT2D eigenvalue weighted by Gasteiger charge is -2.30. The van der Waals surface area contributed by atoms with Gasteiger partial charge in [-0.05, 0) is 32.9 Å².